The molecule has 1 aromatic carbocycles. The number of aryl methyl sites for hydroxylation is 1. The maximum Gasteiger partial charge on any atom is 0.276 e. The summed E-state index contributed by atoms with van der Waals surface area (Å²) < 4.78 is 6.72. The van der Waals surface area contributed by atoms with E-state index in [0.29, 0.717) is 36.2 Å². The van der Waals surface area contributed by atoms with Crippen LogP contribution in [0, 0.1) is 0 Å². The van der Waals surface area contributed by atoms with Gasteiger partial charge in [0.1, 0.15) is 5.82 Å². The van der Waals surface area contributed by atoms with Crippen molar-refractivity contribution in [2.45, 2.75) is 19.9 Å². The smallest absolute Gasteiger partial charge is 0.276 e. The van der Waals surface area contributed by atoms with Crippen LogP contribution in [0.1, 0.15) is 23.8 Å². The highest BCUT2D eigenvalue weighted by Crippen LogP contribution is 2.18. The van der Waals surface area contributed by atoms with E-state index in [0.717, 1.165) is 25.3 Å². The van der Waals surface area contributed by atoms with Crippen LogP contribution >= 0.6 is 0 Å². The lowest BCUT2D eigenvalue weighted by atomic mass is 10.1. The second kappa shape index (κ2) is 8.40. The average molecular weight is 393 g/mol. The number of carbonyl (C=O) groups excluding carboxylic acids is 1. The summed E-state index contributed by atoms with van der Waals surface area (Å²) in [5.74, 6) is 0.485. The summed E-state index contributed by atoms with van der Waals surface area (Å²) in [6, 6.07) is 10.7. The molecule has 1 fully saturated rings. The maximum atomic E-state index is 12.9. The van der Waals surface area contributed by atoms with Gasteiger partial charge in [-0.1, -0.05) is 25.1 Å². The van der Waals surface area contributed by atoms with Gasteiger partial charge in [-0.15, -0.1) is 0 Å². The highest BCUT2D eigenvalue weighted by atomic mass is 16.5. The second-order valence-corrected chi connectivity index (χ2v) is 6.88. The van der Waals surface area contributed by atoms with Crippen molar-refractivity contribution in [3.8, 4) is 0 Å². The van der Waals surface area contributed by atoms with E-state index in [4.69, 9.17) is 4.74 Å². The molecule has 1 amide bonds. The zero-order valence-corrected chi connectivity index (χ0v) is 16.3. The van der Waals surface area contributed by atoms with Gasteiger partial charge in [0.25, 0.3) is 11.5 Å². The molecule has 150 valence electrons. The summed E-state index contributed by atoms with van der Waals surface area (Å²) in [6.45, 7) is 5.39. The van der Waals surface area contributed by atoms with E-state index in [1.54, 1.807) is 30.5 Å². The Balaban J connectivity index is 1.60. The van der Waals surface area contributed by atoms with Gasteiger partial charge in [-0.3, -0.25) is 9.59 Å². The number of fused-ring (bicyclic) bond motifs is 1. The average Bonchev–Trinajstić information content (AvgIpc) is 2.77. The molecule has 0 atom stereocenters. The number of hydrogen-bond donors (Lipinski definition) is 1. The van der Waals surface area contributed by atoms with Crippen LogP contribution in [0.15, 0.2) is 47.4 Å². The molecule has 3 heterocycles. The number of pyridine rings is 1. The lowest BCUT2D eigenvalue weighted by molar-refractivity contribution is 0.102. The highest BCUT2D eigenvalue weighted by Gasteiger charge is 2.17. The summed E-state index contributed by atoms with van der Waals surface area (Å²) in [6.07, 6.45) is 2.38. The summed E-state index contributed by atoms with van der Waals surface area (Å²) in [7, 11) is 0. The number of aromatic nitrogens is 3. The Labute approximate surface area is 168 Å². The van der Waals surface area contributed by atoms with Crippen molar-refractivity contribution in [1.82, 2.24) is 14.8 Å². The van der Waals surface area contributed by atoms with Crippen LogP contribution in [0.5, 0.6) is 0 Å². The van der Waals surface area contributed by atoms with E-state index in [-0.39, 0.29) is 17.2 Å². The first-order chi connectivity index (χ1) is 14.2. The third-order valence-corrected chi connectivity index (χ3v) is 4.86. The molecule has 1 saturated heterocycles. The third kappa shape index (κ3) is 3.97. The molecule has 1 aliphatic heterocycles. The number of rotatable bonds is 5. The number of benzene rings is 1. The van der Waals surface area contributed by atoms with Crippen molar-refractivity contribution < 1.29 is 9.53 Å². The Bertz CT molecular complexity index is 1070. The predicted octanol–water partition coefficient (Wildman–Crippen LogP) is 2.29. The van der Waals surface area contributed by atoms with Gasteiger partial charge in [-0.25, -0.2) is 9.67 Å². The number of ether oxygens (including phenoxy) is 1. The molecular formula is C21H23N5O3. The molecule has 4 rings (SSSR count). The number of nitrogens with one attached hydrogen (secondary N) is 1. The normalized spacial score (nSPS) is 14.2. The predicted molar refractivity (Wildman–Crippen MR) is 112 cm³/mol. The van der Waals surface area contributed by atoms with Crippen LogP contribution in [0.2, 0.25) is 0 Å². The molecule has 0 saturated carbocycles. The van der Waals surface area contributed by atoms with Crippen LogP contribution in [0.25, 0.3) is 10.8 Å². The number of anilines is 2. The second-order valence-electron chi connectivity index (χ2n) is 6.88. The number of nitrogens with zero attached hydrogens (tertiary/aromatic N) is 4. The van der Waals surface area contributed by atoms with E-state index < -0.39 is 0 Å². The van der Waals surface area contributed by atoms with E-state index in [1.165, 1.54) is 4.68 Å². The molecule has 1 aliphatic rings. The number of amides is 1. The summed E-state index contributed by atoms with van der Waals surface area (Å²) >= 11 is 0. The Kier molecular flexibility index (Phi) is 5.53. The van der Waals surface area contributed by atoms with Crippen LogP contribution in [-0.2, 0) is 11.3 Å². The third-order valence-electron chi connectivity index (χ3n) is 4.86. The Hall–Kier alpha value is -3.26. The van der Waals surface area contributed by atoms with Gasteiger partial charge in [0, 0.05) is 25.0 Å². The van der Waals surface area contributed by atoms with Gasteiger partial charge in [-0.05, 0) is 24.6 Å². The van der Waals surface area contributed by atoms with Crippen molar-refractivity contribution in [3.63, 3.8) is 0 Å². The molecule has 0 bridgehead atoms. The first kappa shape index (κ1) is 19.1. The van der Waals surface area contributed by atoms with Crippen LogP contribution in [0.3, 0.4) is 0 Å². The van der Waals surface area contributed by atoms with Gasteiger partial charge >= 0.3 is 0 Å². The molecule has 3 aromatic rings. The van der Waals surface area contributed by atoms with E-state index >= 15 is 0 Å². The lowest BCUT2D eigenvalue weighted by Gasteiger charge is -2.27. The van der Waals surface area contributed by atoms with Crippen LogP contribution < -0.4 is 15.8 Å². The molecule has 2 aromatic heterocycles. The van der Waals surface area contributed by atoms with Crippen LogP contribution in [0.4, 0.5) is 11.5 Å². The lowest BCUT2D eigenvalue weighted by Crippen LogP contribution is -2.36. The molecule has 0 unspecified atom stereocenters. The molecule has 0 aliphatic carbocycles. The van der Waals surface area contributed by atoms with Crippen molar-refractivity contribution in [1.29, 1.82) is 0 Å². The SMILES string of the molecule is CCCn1nc(C(=O)Nc2ccc(N3CCOCC3)nc2)c2ccccc2c1=O. The molecular weight excluding hydrogens is 370 g/mol. The van der Waals surface area contributed by atoms with Crippen molar-refractivity contribution in [2.24, 2.45) is 0 Å². The van der Waals surface area contributed by atoms with Gasteiger partial charge in [0.2, 0.25) is 0 Å². The minimum atomic E-state index is -0.369. The Morgan fingerprint density at radius 3 is 2.59 bits per heavy atom. The largest absolute Gasteiger partial charge is 0.378 e. The van der Waals surface area contributed by atoms with Crippen molar-refractivity contribution in [3.05, 3.63) is 58.6 Å². The summed E-state index contributed by atoms with van der Waals surface area (Å²) in [5, 5.41) is 8.20. The van der Waals surface area contributed by atoms with Gasteiger partial charge in [0.15, 0.2) is 5.69 Å². The van der Waals surface area contributed by atoms with E-state index in [9.17, 15) is 9.59 Å². The van der Waals surface area contributed by atoms with Gasteiger partial charge in [-0.2, -0.15) is 5.10 Å². The summed E-state index contributed by atoms with van der Waals surface area (Å²) in [5.41, 5.74) is 0.618. The molecule has 1 N–H and O–H groups in total. The number of morpholine rings is 1. The highest BCUT2D eigenvalue weighted by molar-refractivity contribution is 6.11. The van der Waals surface area contributed by atoms with Crippen LogP contribution in [-0.4, -0.2) is 47.0 Å². The van der Waals surface area contributed by atoms with Crippen molar-refractivity contribution in [2.75, 3.05) is 36.5 Å². The monoisotopic (exact) mass is 393 g/mol. The first-order valence-electron chi connectivity index (χ1n) is 9.77. The number of carbonyl (C=O) groups is 1. The van der Waals surface area contributed by atoms with Crippen molar-refractivity contribution >= 4 is 28.2 Å². The Morgan fingerprint density at radius 2 is 1.90 bits per heavy atom. The molecule has 0 radical (unpaired) electrons. The summed E-state index contributed by atoms with van der Waals surface area (Å²) in [4.78, 5) is 32.1. The molecule has 29 heavy (non-hydrogen) atoms. The maximum absolute atomic E-state index is 12.9. The molecule has 8 nitrogen and oxygen atoms in total. The quantitative estimate of drug-likeness (QED) is 0.715. The minimum Gasteiger partial charge on any atom is -0.378 e. The van der Waals surface area contributed by atoms with Gasteiger partial charge in [0.05, 0.1) is 30.5 Å². The minimum absolute atomic E-state index is 0.185. The van der Waals surface area contributed by atoms with E-state index in [1.807, 2.05) is 19.1 Å². The number of hydrogen-bond acceptors (Lipinski definition) is 6. The fraction of sp³-hybridized carbons (Fsp3) is 0.333. The first-order valence-corrected chi connectivity index (χ1v) is 9.77. The zero-order valence-electron chi connectivity index (χ0n) is 16.3. The zero-order chi connectivity index (χ0) is 20.2. The fourth-order valence-corrected chi connectivity index (χ4v) is 3.40. The fourth-order valence-electron chi connectivity index (χ4n) is 3.40. The topological polar surface area (TPSA) is 89.3 Å². The van der Waals surface area contributed by atoms with Gasteiger partial charge < -0.3 is 15.0 Å². The Morgan fingerprint density at radius 1 is 1.14 bits per heavy atom. The molecule has 0 spiro atoms. The van der Waals surface area contributed by atoms with E-state index in [2.05, 4.69) is 20.3 Å². The molecule has 8 heteroatoms. The standard InChI is InChI=1S/C21H23N5O3/c1-2-9-26-21(28)17-6-4-3-5-16(17)19(24-26)20(27)23-15-7-8-18(22-14-15)25-10-12-29-13-11-25/h3-8,14H,2,9-13H2,1H3,(H,23,27).